The molecular formula is C23H20Cl2N4O3. The summed E-state index contributed by atoms with van der Waals surface area (Å²) in [4.78, 5) is 36.4. The number of hydrogen-bond donors (Lipinski definition) is 4. The first kappa shape index (κ1) is 23.1. The Morgan fingerprint density at radius 2 is 1.28 bits per heavy atom. The average Bonchev–Trinajstić information content (AvgIpc) is 2.80. The van der Waals surface area contributed by atoms with Gasteiger partial charge in [0, 0.05) is 34.9 Å². The van der Waals surface area contributed by atoms with Crippen LogP contribution in [0, 0.1) is 0 Å². The van der Waals surface area contributed by atoms with Gasteiger partial charge in [0.25, 0.3) is 11.8 Å². The van der Waals surface area contributed by atoms with Gasteiger partial charge in [-0.3, -0.25) is 9.59 Å². The summed E-state index contributed by atoms with van der Waals surface area (Å²) in [6.45, 7) is 0.575. The zero-order valence-corrected chi connectivity index (χ0v) is 18.3. The normalized spacial score (nSPS) is 10.2. The molecule has 3 aromatic carbocycles. The molecule has 0 saturated heterocycles. The molecule has 0 atom stereocenters. The van der Waals surface area contributed by atoms with Crippen molar-refractivity contribution in [3.63, 3.8) is 0 Å². The average molecular weight is 471 g/mol. The molecule has 0 radical (unpaired) electrons. The van der Waals surface area contributed by atoms with Crippen LogP contribution in [0.3, 0.4) is 0 Å². The Balaban J connectivity index is 1.44. The van der Waals surface area contributed by atoms with E-state index in [9.17, 15) is 14.4 Å². The first-order chi connectivity index (χ1) is 15.4. The standard InChI is InChI=1S/C23H20Cl2N4O3/c24-17-8-11-19(25)20(14-17)29-23(32)28-18-9-6-16(7-10-18)22(31)27-13-12-26-21(30)15-4-2-1-3-5-15/h1-11,14H,12-13H2,(H,26,30)(H,27,31)(H2,28,29,32). The third-order valence-electron chi connectivity index (χ3n) is 4.31. The molecule has 0 aliphatic rings. The minimum absolute atomic E-state index is 0.201. The molecule has 0 aromatic heterocycles. The second kappa shape index (κ2) is 11.2. The van der Waals surface area contributed by atoms with Crippen LogP contribution < -0.4 is 21.3 Å². The van der Waals surface area contributed by atoms with Crippen molar-refractivity contribution >= 4 is 52.4 Å². The summed E-state index contributed by atoms with van der Waals surface area (Å²) in [6.07, 6.45) is 0. The van der Waals surface area contributed by atoms with Gasteiger partial charge in [0.05, 0.1) is 10.7 Å². The van der Waals surface area contributed by atoms with Gasteiger partial charge in [-0.15, -0.1) is 0 Å². The fourth-order valence-corrected chi connectivity index (χ4v) is 3.07. The number of rotatable bonds is 7. The van der Waals surface area contributed by atoms with Crippen molar-refractivity contribution in [1.29, 1.82) is 0 Å². The number of anilines is 2. The van der Waals surface area contributed by atoms with Gasteiger partial charge < -0.3 is 21.3 Å². The van der Waals surface area contributed by atoms with Crippen LogP contribution in [0.1, 0.15) is 20.7 Å². The largest absolute Gasteiger partial charge is 0.350 e. The number of urea groups is 1. The van der Waals surface area contributed by atoms with Crippen LogP contribution >= 0.6 is 23.2 Å². The van der Waals surface area contributed by atoms with Crippen LogP contribution in [-0.4, -0.2) is 30.9 Å². The molecule has 7 nitrogen and oxygen atoms in total. The highest BCUT2D eigenvalue weighted by Crippen LogP contribution is 2.25. The zero-order chi connectivity index (χ0) is 22.9. The Morgan fingerprint density at radius 1 is 0.688 bits per heavy atom. The SMILES string of the molecule is O=C(Nc1ccc(C(=O)NCCNC(=O)c2ccccc2)cc1)Nc1cc(Cl)ccc1Cl. The van der Waals surface area contributed by atoms with E-state index in [0.717, 1.165) is 0 Å². The lowest BCUT2D eigenvalue weighted by Gasteiger charge is -2.10. The molecule has 9 heteroatoms. The molecule has 0 saturated carbocycles. The van der Waals surface area contributed by atoms with Crippen molar-refractivity contribution in [2.45, 2.75) is 0 Å². The van der Waals surface area contributed by atoms with Gasteiger partial charge in [-0.2, -0.15) is 0 Å². The highest BCUT2D eigenvalue weighted by atomic mass is 35.5. The van der Waals surface area contributed by atoms with Crippen molar-refractivity contribution in [3.8, 4) is 0 Å². The van der Waals surface area contributed by atoms with Gasteiger partial charge in [-0.25, -0.2) is 4.79 Å². The van der Waals surface area contributed by atoms with E-state index in [1.807, 2.05) is 6.07 Å². The number of benzene rings is 3. The predicted molar refractivity (Wildman–Crippen MR) is 127 cm³/mol. The number of hydrogen-bond acceptors (Lipinski definition) is 3. The number of carbonyl (C=O) groups is 3. The highest BCUT2D eigenvalue weighted by Gasteiger charge is 2.09. The van der Waals surface area contributed by atoms with E-state index >= 15 is 0 Å². The Morgan fingerprint density at radius 3 is 1.91 bits per heavy atom. The third kappa shape index (κ3) is 6.73. The quantitative estimate of drug-likeness (QED) is 0.373. The lowest BCUT2D eigenvalue weighted by Crippen LogP contribution is -2.34. The van der Waals surface area contributed by atoms with Crippen LogP contribution in [0.15, 0.2) is 72.8 Å². The topological polar surface area (TPSA) is 99.3 Å². The fourth-order valence-electron chi connectivity index (χ4n) is 2.73. The Hall–Kier alpha value is -3.55. The van der Waals surface area contributed by atoms with Gasteiger partial charge in [0.2, 0.25) is 0 Å². The summed E-state index contributed by atoms with van der Waals surface area (Å²) in [6, 6.07) is 19.4. The molecule has 0 aliphatic heterocycles. The summed E-state index contributed by atoms with van der Waals surface area (Å²) in [5.41, 5.74) is 1.85. The molecule has 0 fully saturated rings. The highest BCUT2D eigenvalue weighted by molar-refractivity contribution is 6.35. The van der Waals surface area contributed by atoms with E-state index in [1.54, 1.807) is 66.7 Å². The van der Waals surface area contributed by atoms with Crippen molar-refractivity contribution in [3.05, 3.63) is 94.0 Å². The number of halogens is 2. The van der Waals surface area contributed by atoms with Gasteiger partial charge in [0.15, 0.2) is 0 Å². The molecule has 3 aromatic rings. The predicted octanol–water partition coefficient (Wildman–Crippen LogP) is 4.80. The Kier molecular flexibility index (Phi) is 8.08. The van der Waals surface area contributed by atoms with Crippen molar-refractivity contribution in [1.82, 2.24) is 10.6 Å². The Labute approximate surface area is 195 Å². The summed E-state index contributed by atoms with van der Waals surface area (Å²) in [5.74, 6) is -0.492. The van der Waals surface area contributed by atoms with Gasteiger partial charge in [0.1, 0.15) is 0 Å². The fraction of sp³-hybridized carbons (Fsp3) is 0.0870. The molecule has 0 spiro atoms. The first-order valence-electron chi connectivity index (χ1n) is 9.67. The van der Waals surface area contributed by atoms with E-state index in [-0.39, 0.29) is 18.4 Å². The van der Waals surface area contributed by atoms with E-state index in [4.69, 9.17) is 23.2 Å². The van der Waals surface area contributed by atoms with Crippen molar-refractivity contribution < 1.29 is 14.4 Å². The second-order valence-electron chi connectivity index (χ2n) is 6.66. The maximum absolute atomic E-state index is 12.3. The first-order valence-corrected chi connectivity index (χ1v) is 10.4. The third-order valence-corrected chi connectivity index (χ3v) is 4.88. The maximum atomic E-state index is 12.3. The molecule has 0 aliphatic carbocycles. The lowest BCUT2D eigenvalue weighted by atomic mass is 10.2. The molecule has 32 heavy (non-hydrogen) atoms. The summed E-state index contributed by atoms with van der Waals surface area (Å²) < 4.78 is 0. The Bertz CT molecular complexity index is 1110. The zero-order valence-electron chi connectivity index (χ0n) is 16.8. The minimum atomic E-state index is -0.500. The summed E-state index contributed by atoms with van der Waals surface area (Å²) in [5, 5.41) is 11.5. The van der Waals surface area contributed by atoms with Crippen LogP contribution in [-0.2, 0) is 0 Å². The second-order valence-corrected chi connectivity index (χ2v) is 7.50. The van der Waals surface area contributed by atoms with Crippen LogP contribution in [0.4, 0.5) is 16.2 Å². The van der Waals surface area contributed by atoms with E-state index in [1.165, 1.54) is 0 Å². The molecular weight excluding hydrogens is 451 g/mol. The smallest absolute Gasteiger partial charge is 0.323 e. The molecule has 4 amide bonds. The van der Waals surface area contributed by atoms with Gasteiger partial charge in [-0.1, -0.05) is 41.4 Å². The van der Waals surface area contributed by atoms with E-state index in [0.29, 0.717) is 39.1 Å². The summed E-state index contributed by atoms with van der Waals surface area (Å²) >= 11 is 11.9. The van der Waals surface area contributed by atoms with Crippen LogP contribution in [0.5, 0.6) is 0 Å². The molecule has 0 heterocycles. The lowest BCUT2D eigenvalue weighted by molar-refractivity contribution is 0.0927. The van der Waals surface area contributed by atoms with Crippen LogP contribution in [0.25, 0.3) is 0 Å². The number of amides is 4. The molecule has 0 unspecified atom stereocenters. The minimum Gasteiger partial charge on any atom is -0.350 e. The molecule has 3 rings (SSSR count). The number of carbonyl (C=O) groups excluding carboxylic acids is 3. The molecule has 0 bridgehead atoms. The molecule has 4 N–H and O–H groups in total. The van der Waals surface area contributed by atoms with Crippen molar-refractivity contribution in [2.75, 3.05) is 23.7 Å². The van der Waals surface area contributed by atoms with Crippen molar-refractivity contribution in [2.24, 2.45) is 0 Å². The summed E-state index contributed by atoms with van der Waals surface area (Å²) in [7, 11) is 0. The van der Waals surface area contributed by atoms with E-state index in [2.05, 4.69) is 21.3 Å². The maximum Gasteiger partial charge on any atom is 0.323 e. The molecule has 164 valence electrons. The van der Waals surface area contributed by atoms with Crippen LogP contribution in [0.2, 0.25) is 10.0 Å². The van der Waals surface area contributed by atoms with E-state index < -0.39 is 6.03 Å². The number of nitrogens with one attached hydrogen (secondary N) is 4. The van der Waals surface area contributed by atoms with Gasteiger partial charge >= 0.3 is 6.03 Å². The monoisotopic (exact) mass is 470 g/mol. The van der Waals surface area contributed by atoms with Gasteiger partial charge in [-0.05, 0) is 54.6 Å².